The summed E-state index contributed by atoms with van der Waals surface area (Å²) in [7, 11) is 0. The lowest BCUT2D eigenvalue weighted by molar-refractivity contribution is 0.490. The Morgan fingerprint density at radius 1 is 1.17 bits per heavy atom. The van der Waals surface area contributed by atoms with Gasteiger partial charge in [0.15, 0.2) is 5.96 Å². The lowest BCUT2D eigenvalue weighted by Crippen LogP contribution is -2.40. The number of likely N-dealkylation sites (tertiary alicyclic amines) is 1. The fourth-order valence-electron chi connectivity index (χ4n) is 2.33. The Labute approximate surface area is 109 Å². The van der Waals surface area contributed by atoms with E-state index in [1.54, 1.807) is 0 Å². The van der Waals surface area contributed by atoms with Crippen LogP contribution < -0.4 is 5.32 Å². The summed E-state index contributed by atoms with van der Waals surface area (Å²) in [6.45, 7) is 3.10. The lowest BCUT2D eigenvalue weighted by atomic mass is 10.2. The van der Waals surface area contributed by atoms with Crippen molar-refractivity contribution in [2.24, 2.45) is 4.99 Å². The molecule has 1 saturated heterocycles. The summed E-state index contributed by atoms with van der Waals surface area (Å²) < 4.78 is 0. The van der Waals surface area contributed by atoms with Crippen LogP contribution in [0.5, 0.6) is 0 Å². The van der Waals surface area contributed by atoms with Crippen molar-refractivity contribution in [1.82, 2.24) is 10.2 Å². The average molecular weight is 243 g/mol. The molecule has 2 fully saturated rings. The molecule has 1 N–H and O–H groups in total. The minimum Gasteiger partial charge on any atom is -0.353 e. The molecule has 2 aliphatic rings. The number of rotatable bonds is 3. The summed E-state index contributed by atoms with van der Waals surface area (Å²) in [6, 6.07) is 11.2. The highest BCUT2D eigenvalue weighted by Gasteiger charge is 2.25. The summed E-state index contributed by atoms with van der Waals surface area (Å²) in [5, 5.41) is 3.58. The molecule has 18 heavy (non-hydrogen) atoms. The van der Waals surface area contributed by atoms with Crippen LogP contribution in [-0.2, 0) is 6.54 Å². The van der Waals surface area contributed by atoms with Gasteiger partial charge in [-0.3, -0.25) is 0 Å². The summed E-state index contributed by atoms with van der Waals surface area (Å²) in [6.07, 6.45) is 5.21. The normalized spacial score (nSPS) is 20.2. The van der Waals surface area contributed by atoms with Crippen LogP contribution in [0.2, 0.25) is 0 Å². The molecule has 3 rings (SSSR count). The predicted octanol–water partition coefficient (Wildman–Crippen LogP) is 2.39. The fourth-order valence-corrected chi connectivity index (χ4v) is 2.33. The van der Waals surface area contributed by atoms with Crippen molar-refractivity contribution in [3.63, 3.8) is 0 Å². The minimum atomic E-state index is 0.681. The molecule has 3 nitrogen and oxygen atoms in total. The van der Waals surface area contributed by atoms with Gasteiger partial charge in [-0.05, 0) is 31.2 Å². The van der Waals surface area contributed by atoms with E-state index in [2.05, 4.69) is 40.5 Å². The summed E-state index contributed by atoms with van der Waals surface area (Å²) in [5.41, 5.74) is 1.28. The van der Waals surface area contributed by atoms with Crippen molar-refractivity contribution in [1.29, 1.82) is 0 Å². The number of hydrogen-bond donors (Lipinski definition) is 1. The van der Waals surface area contributed by atoms with E-state index in [9.17, 15) is 0 Å². The van der Waals surface area contributed by atoms with Gasteiger partial charge in [-0.25, -0.2) is 4.99 Å². The smallest absolute Gasteiger partial charge is 0.194 e. The number of nitrogens with zero attached hydrogens (tertiary/aromatic N) is 2. The van der Waals surface area contributed by atoms with Crippen LogP contribution in [0.15, 0.2) is 35.3 Å². The van der Waals surface area contributed by atoms with Gasteiger partial charge in [0.2, 0.25) is 0 Å². The highest BCUT2D eigenvalue weighted by molar-refractivity contribution is 5.80. The predicted molar refractivity (Wildman–Crippen MR) is 74.5 cm³/mol. The van der Waals surface area contributed by atoms with Gasteiger partial charge in [-0.1, -0.05) is 30.3 Å². The number of hydrogen-bond acceptors (Lipinski definition) is 1. The first-order valence-electron chi connectivity index (χ1n) is 7.02. The molecule has 1 aliphatic heterocycles. The van der Waals surface area contributed by atoms with Gasteiger partial charge >= 0.3 is 0 Å². The highest BCUT2D eigenvalue weighted by Crippen LogP contribution is 2.20. The van der Waals surface area contributed by atoms with E-state index in [0.717, 1.165) is 25.6 Å². The minimum absolute atomic E-state index is 0.681. The second-order valence-electron chi connectivity index (χ2n) is 5.24. The average Bonchev–Trinajstić information content (AvgIpc) is 3.06. The molecule has 0 amide bonds. The van der Waals surface area contributed by atoms with E-state index in [1.807, 2.05) is 0 Å². The molecule has 1 saturated carbocycles. The maximum atomic E-state index is 4.79. The van der Waals surface area contributed by atoms with Gasteiger partial charge < -0.3 is 10.2 Å². The van der Waals surface area contributed by atoms with Gasteiger partial charge in [0.05, 0.1) is 6.54 Å². The number of nitrogens with one attached hydrogen (secondary N) is 1. The third-order valence-electron chi connectivity index (χ3n) is 3.57. The maximum absolute atomic E-state index is 4.79. The molecule has 0 aromatic heterocycles. The number of aliphatic imine (C=N–C) groups is 1. The monoisotopic (exact) mass is 243 g/mol. The third-order valence-corrected chi connectivity index (χ3v) is 3.57. The van der Waals surface area contributed by atoms with Gasteiger partial charge in [0.25, 0.3) is 0 Å². The Hall–Kier alpha value is -1.51. The van der Waals surface area contributed by atoms with Crippen LogP contribution in [0.1, 0.15) is 31.2 Å². The van der Waals surface area contributed by atoms with E-state index in [0.29, 0.717) is 6.04 Å². The quantitative estimate of drug-likeness (QED) is 0.652. The zero-order valence-electron chi connectivity index (χ0n) is 10.8. The molecule has 3 heteroatoms. The molecule has 0 atom stereocenters. The molecule has 1 aliphatic carbocycles. The molecular weight excluding hydrogens is 222 g/mol. The van der Waals surface area contributed by atoms with Crippen LogP contribution in [0.25, 0.3) is 0 Å². The van der Waals surface area contributed by atoms with E-state index in [1.165, 1.54) is 31.2 Å². The molecule has 0 bridgehead atoms. The summed E-state index contributed by atoms with van der Waals surface area (Å²) >= 11 is 0. The largest absolute Gasteiger partial charge is 0.353 e. The van der Waals surface area contributed by atoms with Crippen molar-refractivity contribution in [2.45, 2.75) is 38.3 Å². The van der Waals surface area contributed by atoms with Crippen molar-refractivity contribution in [2.75, 3.05) is 13.1 Å². The zero-order valence-corrected chi connectivity index (χ0v) is 10.8. The van der Waals surface area contributed by atoms with Crippen LogP contribution in [0.4, 0.5) is 0 Å². The van der Waals surface area contributed by atoms with Crippen LogP contribution in [0, 0.1) is 0 Å². The molecule has 96 valence electrons. The Morgan fingerprint density at radius 2 is 1.89 bits per heavy atom. The van der Waals surface area contributed by atoms with Gasteiger partial charge in [0.1, 0.15) is 0 Å². The Morgan fingerprint density at radius 3 is 2.56 bits per heavy atom. The number of benzene rings is 1. The molecular formula is C15H21N3. The Balaban J connectivity index is 1.66. The van der Waals surface area contributed by atoms with Crippen molar-refractivity contribution < 1.29 is 0 Å². The fraction of sp³-hybridized carbons (Fsp3) is 0.533. The summed E-state index contributed by atoms with van der Waals surface area (Å²) in [4.78, 5) is 7.19. The Kier molecular flexibility index (Phi) is 3.49. The van der Waals surface area contributed by atoms with Gasteiger partial charge in [0, 0.05) is 19.1 Å². The molecule has 0 unspecified atom stereocenters. The third kappa shape index (κ3) is 3.03. The van der Waals surface area contributed by atoms with Crippen LogP contribution in [0.3, 0.4) is 0 Å². The van der Waals surface area contributed by atoms with Crippen molar-refractivity contribution in [3.05, 3.63) is 35.9 Å². The van der Waals surface area contributed by atoms with E-state index in [4.69, 9.17) is 4.99 Å². The number of guanidine groups is 1. The van der Waals surface area contributed by atoms with Crippen LogP contribution in [-0.4, -0.2) is 30.0 Å². The summed E-state index contributed by atoms with van der Waals surface area (Å²) in [5.74, 6) is 1.12. The van der Waals surface area contributed by atoms with Crippen molar-refractivity contribution in [3.8, 4) is 0 Å². The maximum Gasteiger partial charge on any atom is 0.194 e. The first-order valence-corrected chi connectivity index (χ1v) is 7.02. The van der Waals surface area contributed by atoms with E-state index < -0.39 is 0 Å². The Bertz CT molecular complexity index is 403. The molecule has 1 aromatic carbocycles. The molecule has 1 heterocycles. The first kappa shape index (κ1) is 11.6. The zero-order chi connectivity index (χ0) is 12.2. The second kappa shape index (κ2) is 5.42. The standard InChI is InChI=1S/C15H21N3/c1-2-6-13(7-3-1)12-16-15(17-14-8-9-14)18-10-4-5-11-18/h1-3,6-7,14H,4-5,8-12H2,(H,16,17). The SMILES string of the molecule is c1ccc(CN=C(NC2CC2)N2CCCC2)cc1. The van der Waals surface area contributed by atoms with Gasteiger partial charge in [-0.2, -0.15) is 0 Å². The molecule has 1 aromatic rings. The van der Waals surface area contributed by atoms with Crippen molar-refractivity contribution >= 4 is 5.96 Å². The highest BCUT2D eigenvalue weighted by atomic mass is 15.3. The lowest BCUT2D eigenvalue weighted by Gasteiger charge is -2.21. The van der Waals surface area contributed by atoms with E-state index >= 15 is 0 Å². The van der Waals surface area contributed by atoms with E-state index in [-0.39, 0.29) is 0 Å². The topological polar surface area (TPSA) is 27.6 Å². The molecule has 0 spiro atoms. The molecule has 0 radical (unpaired) electrons. The first-order chi connectivity index (χ1) is 8.92. The van der Waals surface area contributed by atoms with Gasteiger partial charge in [-0.15, -0.1) is 0 Å². The van der Waals surface area contributed by atoms with Crippen LogP contribution >= 0.6 is 0 Å². The second-order valence-corrected chi connectivity index (χ2v) is 5.24.